The Labute approximate surface area is 436 Å². The molecule has 0 radical (unpaired) electrons. The summed E-state index contributed by atoms with van der Waals surface area (Å²) in [6.07, 6.45) is 66.4. The molecule has 9 heteroatoms. The number of likely N-dealkylation sites (N-methyl/N-ethyl adjacent to an activating group) is 1. The van der Waals surface area contributed by atoms with E-state index in [1.165, 1.54) is 128 Å². The molecule has 0 aromatic heterocycles. The molecule has 0 fully saturated rings. The normalized spacial score (nSPS) is 13.4. The van der Waals surface area contributed by atoms with Gasteiger partial charge >= 0.3 is 11.9 Å². The highest BCUT2D eigenvalue weighted by Gasteiger charge is 2.22. The minimum atomic E-state index is -1.64. The minimum absolute atomic E-state index is 0.135. The molecule has 408 valence electrons. The van der Waals surface area contributed by atoms with Crippen LogP contribution in [0.5, 0.6) is 0 Å². The zero-order chi connectivity index (χ0) is 52.0. The summed E-state index contributed by atoms with van der Waals surface area (Å²) in [4.78, 5) is 37.3. The maximum atomic E-state index is 12.8. The van der Waals surface area contributed by atoms with E-state index in [2.05, 4.69) is 98.9 Å². The van der Waals surface area contributed by atoms with E-state index in [1.807, 2.05) is 21.1 Å². The van der Waals surface area contributed by atoms with Crippen molar-refractivity contribution < 1.29 is 42.9 Å². The molecular formula is C62H107NO8. The third kappa shape index (κ3) is 54.1. The van der Waals surface area contributed by atoms with E-state index in [9.17, 15) is 19.5 Å². The van der Waals surface area contributed by atoms with Gasteiger partial charge in [0.25, 0.3) is 0 Å². The van der Waals surface area contributed by atoms with Crippen molar-refractivity contribution in [3.05, 3.63) is 85.1 Å². The topological polar surface area (TPSA) is 111 Å². The maximum Gasteiger partial charge on any atom is 0.306 e. The average molecular weight is 995 g/mol. The van der Waals surface area contributed by atoms with E-state index in [1.54, 1.807) is 0 Å². The van der Waals surface area contributed by atoms with Crippen LogP contribution >= 0.6 is 0 Å². The van der Waals surface area contributed by atoms with Crippen molar-refractivity contribution in [2.75, 3.05) is 47.5 Å². The summed E-state index contributed by atoms with van der Waals surface area (Å²) in [6.45, 7) is 4.59. The fourth-order valence-electron chi connectivity index (χ4n) is 7.71. The first-order valence-corrected chi connectivity index (χ1v) is 28.7. The van der Waals surface area contributed by atoms with Crippen molar-refractivity contribution in [1.29, 1.82) is 0 Å². The number of quaternary nitrogens is 1. The number of carbonyl (C=O) groups excluding carboxylic acids is 3. The molecule has 0 aliphatic heterocycles. The summed E-state index contributed by atoms with van der Waals surface area (Å²) in [5.41, 5.74) is 0. The molecule has 0 heterocycles. The van der Waals surface area contributed by atoms with Crippen LogP contribution in [0.4, 0.5) is 0 Å². The summed E-state index contributed by atoms with van der Waals surface area (Å²) in [7, 11) is 5.90. The van der Waals surface area contributed by atoms with Gasteiger partial charge in [0.05, 0.1) is 40.3 Å². The second-order valence-corrected chi connectivity index (χ2v) is 20.2. The molecule has 0 aromatic rings. The number of unbranched alkanes of at least 4 members (excludes halogenated alkanes) is 23. The lowest BCUT2D eigenvalue weighted by atomic mass is 10.0. The number of carboxylic acid groups (broad SMARTS) is 1. The highest BCUT2D eigenvalue weighted by Crippen LogP contribution is 2.15. The van der Waals surface area contributed by atoms with Crippen LogP contribution in [-0.2, 0) is 33.3 Å². The van der Waals surface area contributed by atoms with Crippen LogP contribution in [-0.4, -0.2) is 82.3 Å². The predicted octanol–water partition coefficient (Wildman–Crippen LogP) is 15.5. The van der Waals surface area contributed by atoms with Gasteiger partial charge in [0.15, 0.2) is 12.4 Å². The number of rotatable bonds is 52. The summed E-state index contributed by atoms with van der Waals surface area (Å²) in [5, 5.41) is 11.8. The standard InChI is InChI=1S/C62H107NO8/c1-6-8-10-12-14-16-18-20-22-24-26-28-29-30-31-33-34-36-38-40-42-44-46-48-50-52-59(64)69-56-58(57-70-62(61(66)67)68-55-54-63(3,4)5)71-60(65)53-51-49-47-45-43-41-39-37-35-32-27-25-23-21-19-17-15-13-11-9-7-2/h9,11,15,17,21,23-24,26-27,32,37,39,43,45,58,62H,6-8,10,12-14,16,18-20,22,25,28-31,33-36,38,40-42,44,46-57H2,1-5H3/b11-9-,17-15-,23-21-,26-24-,32-27-,39-37-,45-43-. The van der Waals surface area contributed by atoms with E-state index in [0.717, 1.165) is 70.6 Å². The van der Waals surface area contributed by atoms with Crippen molar-refractivity contribution >= 4 is 17.9 Å². The van der Waals surface area contributed by atoms with Crippen molar-refractivity contribution in [3.8, 4) is 0 Å². The van der Waals surface area contributed by atoms with Gasteiger partial charge < -0.3 is 33.3 Å². The van der Waals surface area contributed by atoms with Crippen LogP contribution in [0.25, 0.3) is 0 Å². The molecule has 2 unspecified atom stereocenters. The average Bonchev–Trinajstić information content (AvgIpc) is 3.34. The molecule has 71 heavy (non-hydrogen) atoms. The Morgan fingerprint density at radius 2 is 0.803 bits per heavy atom. The highest BCUT2D eigenvalue weighted by molar-refractivity contribution is 5.70. The second kappa shape index (κ2) is 52.8. The van der Waals surface area contributed by atoms with Crippen LogP contribution in [0.3, 0.4) is 0 Å². The molecule has 0 rings (SSSR count). The Balaban J connectivity index is 4.32. The highest BCUT2D eigenvalue weighted by atomic mass is 16.7. The van der Waals surface area contributed by atoms with E-state index in [0.29, 0.717) is 17.4 Å². The van der Waals surface area contributed by atoms with E-state index in [-0.39, 0.29) is 38.6 Å². The fourth-order valence-corrected chi connectivity index (χ4v) is 7.71. The zero-order valence-electron chi connectivity index (χ0n) is 46.3. The largest absolute Gasteiger partial charge is 0.545 e. The smallest absolute Gasteiger partial charge is 0.306 e. The lowest BCUT2D eigenvalue weighted by Crippen LogP contribution is -2.44. The number of nitrogens with zero attached hydrogens (tertiary/aromatic N) is 1. The molecule has 0 aromatic carbocycles. The fraction of sp³-hybridized carbons (Fsp3) is 0.726. The van der Waals surface area contributed by atoms with Gasteiger partial charge in [-0.3, -0.25) is 9.59 Å². The Kier molecular flexibility index (Phi) is 50.2. The number of allylic oxidation sites excluding steroid dienone is 14. The molecule has 0 amide bonds. The number of esters is 2. The lowest BCUT2D eigenvalue weighted by molar-refractivity contribution is -0.870. The molecule has 0 N–H and O–H groups in total. The molecule has 9 nitrogen and oxygen atoms in total. The summed E-state index contributed by atoms with van der Waals surface area (Å²) in [6, 6.07) is 0. The Morgan fingerprint density at radius 3 is 1.24 bits per heavy atom. The van der Waals surface area contributed by atoms with E-state index in [4.69, 9.17) is 18.9 Å². The van der Waals surface area contributed by atoms with Crippen LogP contribution in [0.1, 0.15) is 232 Å². The van der Waals surface area contributed by atoms with Crippen molar-refractivity contribution in [1.82, 2.24) is 0 Å². The van der Waals surface area contributed by atoms with Gasteiger partial charge in [0.2, 0.25) is 0 Å². The lowest BCUT2D eigenvalue weighted by Gasteiger charge is -2.26. The molecular weight excluding hydrogens is 887 g/mol. The number of carbonyl (C=O) groups is 3. The maximum absolute atomic E-state index is 12.8. The molecule has 2 atom stereocenters. The summed E-state index contributed by atoms with van der Waals surface area (Å²) in [5.74, 6) is -2.35. The number of carboxylic acids is 1. The van der Waals surface area contributed by atoms with Gasteiger partial charge in [-0.15, -0.1) is 0 Å². The molecule has 0 aliphatic carbocycles. The Bertz CT molecular complexity index is 1440. The quantitative estimate of drug-likeness (QED) is 0.0195. The summed E-state index contributed by atoms with van der Waals surface area (Å²) < 4.78 is 22.6. The Morgan fingerprint density at radius 1 is 0.437 bits per heavy atom. The number of hydrogen-bond donors (Lipinski definition) is 0. The van der Waals surface area contributed by atoms with Gasteiger partial charge in [0.1, 0.15) is 13.2 Å². The number of hydrogen-bond acceptors (Lipinski definition) is 8. The SMILES string of the molecule is CC/C=C\C/C=C\C/C=C\C/C=C\C/C=C\C/C=C\CCCCC(=O)OC(COC(=O)CCCCCCCCCCCCCCC/C=C\CCCCCCCCCC)COC(OCC[N+](C)(C)C)C(=O)[O-]. The van der Waals surface area contributed by atoms with Gasteiger partial charge in [-0.05, 0) is 89.9 Å². The van der Waals surface area contributed by atoms with Crippen LogP contribution < -0.4 is 5.11 Å². The second-order valence-electron chi connectivity index (χ2n) is 20.2. The third-order valence-electron chi connectivity index (χ3n) is 12.1. The third-order valence-corrected chi connectivity index (χ3v) is 12.1. The van der Waals surface area contributed by atoms with Gasteiger partial charge in [-0.2, -0.15) is 0 Å². The van der Waals surface area contributed by atoms with Crippen LogP contribution in [0, 0.1) is 0 Å². The first kappa shape index (κ1) is 67.5. The van der Waals surface area contributed by atoms with Gasteiger partial charge in [0, 0.05) is 12.8 Å². The van der Waals surface area contributed by atoms with Crippen molar-refractivity contribution in [2.45, 2.75) is 245 Å². The van der Waals surface area contributed by atoms with Crippen molar-refractivity contribution in [2.24, 2.45) is 0 Å². The first-order chi connectivity index (χ1) is 34.6. The van der Waals surface area contributed by atoms with E-state index < -0.39 is 24.3 Å². The molecule has 0 saturated heterocycles. The number of ether oxygens (including phenoxy) is 4. The van der Waals surface area contributed by atoms with Crippen molar-refractivity contribution in [3.63, 3.8) is 0 Å². The zero-order valence-corrected chi connectivity index (χ0v) is 46.3. The molecule has 0 bridgehead atoms. The predicted molar refractivity (Wildman–Crippen MR) is 297 cm³/mol. The monoisotopic (exact) mass is 994 g/mol. The number of aliphatic carboxylic acids is 1. The van der Waals surface area contributed by atoms with Crippen LogP contribution in [0.2, 0.25) is 0 Å². The van der Waals surface area contributed by atoms with Gasteiger partial charge in [-0.25, -0.2) is 0 Å². The molecule has 0 spiro atoms. The van der Waals surface area contributed by atoms with Crippen LogP contribution in [0.15, 0.2) is 85.1 Å². The minimum Gasteiger partial charge on any atom is -0.545 e. The van der Waals surface area contributed by atoms with E-state index >= 15 is 0 Å². The molecule has 0 aliphatic rings. The Hall–Kier alpha value is -3.53. The molecule has 0 saturated carbocycles. The summed E-state index contributed by atoms with van der Waals surface area (Å²) >= 11 is 0. The van der Waals surface area contributed by atoms with Gasteiger partial charge in [-0.1, -0.05) is 214 Å². The first-order valence-electron chi connectivity index (χ1n) is 28.7.